The lowest BCUT2D eigenvalue weighted by molar-refractivity contribution is -0.129. The molecule has 45 heavy (non-hydrogen) atoms. The van der Waals surface area contributed by atoms with Crippen LogP contribution in [0.4, 0.5) is 0 Å². The van der Waals surface area contributed by atoms with Crippen LogP contribution < -0.4 is 19.5 Å². The Labute approximate surface area is 279 Å². The summed E-state index contributed by atoms with van der Waals surface area (Å²) in [5.41, 5.74) is 1.54. The number of halogens is 3. The number of amides is 1. The van der Waals surface area contributed by atoms with Crippen molar-refractivity contribution in [2.24, 2.45) is 4.99 Å². The van der Waals surface area contributed by atoms with E-state index in [1.165, 1.54) is 0 Å². The molecule has 4 aromatic carbocycles. The number of fused-ring (bicyclic) bond motifs is 1. The van der Waals surface area contributed by atoms with Crippen molar-refractivity contribution in [2.45, 2.75) is 31.0 Å². The van der Waals surface area contributed by atoms with Gasteiger partial charge in [0, 0.05) is 51.6 Å². The first-order chi connectivity index (χ1) is 21.8. The third kappa shape index (κ3) is 6.92. The molecule has 8 nitrogen and oxygen atoms in total. The van der Waals surface area contributed by atoms with Crippen molar-refractivity contribution in [3.05, 3.63) is 122 Å². The highest BCUT2D eigenvalue weighted by Gasteiger charge is 2.53. The van der Waals surface area contributed by atoms with Gasteiger partial charge in [-0.25, -0.2) is 4.99 Å². The van der Waals surface area contributed by atoms with E-state index in [9.17, 15) is 4.79 Å². The lowest BCUT2D eigenvalue weighted by atomic mass is 9.82. The minimum absolute atomic E-state index is 0.0502. The van der Waals surface area contributed by atoms with Gasteiger partial charge in [0.15, 0.2) is 23.1 Å². The van der Waals surface area contributed by atoms with E-state index in [0.29, 0.717) is 57.3 Å². The van der Waals surface area contributed by atoms with E-state index >= 15 is 0 Å². The van der Waals surface area contributed by atoms with E-state index in [2.05, 4.69) is 21.2 Å². The van der Waals surface area contributed by atoms with Crippen LogP contribution in [-0.2, 0) is 22.5 Å². The van der Waals surface area contributed by atoms with Gasteiger partial charge in [-0.15, -0.1) is 0 Å². The van der Waals surface area contributed by atoms with Crippen LogP contribution in [0.5, 0.6) is 17.2 Å². The summed E-state index contributed by atoms with van der Waals surface area (Å²) in [5, 5.41) is 13.0. The topological polar surface area (TPSA) is 98.6 Å². The van der Waals surface area contributed by atoms with E-state index in [1.54, 1.807) is 30.3 Å². The molecule has 0 spiro atoms. The van der Waals surface area contributed by atoms with Gasteiger partial charge in [-0.2, -0.15) is 0 Å². The molecule has 0 saturated heterocycles. The van der Waals surface area contributed by atoms with Gasteiger partial charge >= 0.3 is 0 Å². The summed E-state index contributed by atoms with van der Waals surface area (Å²) >= 11 is 16.5. The van der Waals surface area contributed by atoms with Crippen LogP contribution in [0.1, 0.15) is 34.8 Å². The highest BCUT2D eigenvalue weighted by atomic mass is 79.9. The predicted molar refractivity (Wildman–Crippen MR) is 175 cm³/mol. The molecule has 0 saturated carbocycles. The van der Waals surface area contributed by atoms with Crippen molar-refractivity contribution >= 4 is 50.9 Å². The Kier molecular flexibility index (Phi) is 9.51. The summed E-state index contributed by atoms with van der Waals surface area (Å²) in [4.78, 5) is 19.6. The summed E-state index contributed by atoms with van der Waals surface area (Å²) in [6.07, 6.45) is -0.123. The lowest BCUT2D eigenvalue weighted by Gasteiger charge is -2.31. The van der Waals surface area contributed by atoms with Crippen LogP contribution in [0.15, 0.2) is 94.4 Å². The molecule has 0 fully saturated rings. The molecule has 2 aliphatic heterocycles. The van der Waals surface area contributed by atoms with E-state index in [4.69, 9.17) is 52.2 Å². The molecule has 0 aliphatic carbocycles. The molecule has 0 unspecified atom stereocenters. The first-order valence-electron chi connectivity index (χ1n) is 14.3. The molecule has 2 aliphatic rings. The fourth-order valence-corrected chi connectivity index (χ4v) is 6.05. The second-order valence-corrected chi connectivity index (χ2v) is 12.4. The highest BCUT2D eigenvalue weighted by molar-refractivity contribution is 9.10. The predicted octanol–water partition coefficient (Wildman–Crippen LogP) is 7.06. The number of hydrogen-bond acceptors (Lipinski definition) is 7. The molecule has 1 amide bonds. The van der Waals surface area contributed by atoms with E-state index < -0.39 is 11.6 Å². The Morgan fingerprint density at radius 1 is 0.978 bits per heavy atom. The fraction of sp³-hybridized carbons (Fsp3) is 0.235. The average Bonchev–Trinajstić information content (AvgIpc) is 3.67. The second-order valence-electron chi connectivity index (χ2n) is 10.6. The van der Waals surface area contributed by atoms with Gasteiger partial charge < -0.3 is 29.4 Å². The van der Waals surface area contributed by atoms with Gasteiger partial charge in [0.2, 0.25) is 12.7 Å². The van der Waals surface area contributed by atoms with Crippen molar-refractivity contribution in [2.75, 3.05) is 20.0 Å². The number of nitrogens with zero attached hydrogens (tertiary/aromatic N) is 1. The number of ether oxygens (including phenoxy) is 4. The van der Waals surface area contributed by atoms with Crippen molar-refractivity contribution in [3.8, 4) is 17.2 Å². The maximum Gasteiger partial charge on any atom is 0.252 e. The number of carbonyl (C=O) groups is 1. The quantitative estimate of drug-likeness (QED) is 0.162. The molecule has 232 valence electrons. The molecular formula is C34H29BrCl2N2O6. The number of rotatable bonds is 11. The monoisotopic (exact) mass is 710 g/mol. The molecule has 11 heteroatoms. The third-order valence-corrected chi connectivity index (χ3v) is 8.64. The van der Waals surface area contributed by atoms with E-state index in [0.717, 1.165) is 15.6 Å². The minimum atomic E-state index is -1.44. The summed E-state index contributed by atoms with van der Waals surface area (Å²) in [6, 6.07) is 25.7. The summed E-state index contributed by atoms with van der Waals surface area (Å²) < 4.78 is 24.1. The Bertz CT molecular complexity index is 1720. The minimum Gasteiger partial charge on any atom is -0.494 e. The normalized spacial score (nSPS) is 18.3. The molecule has 0 bridgehead atoms. The first-order valence-corrected chi connectivity index (χ1v) is 15.9. The fourth-order valence-electron chi connectivity index (χ4n) is 5.27. The summed E-state index contributed by atoms with van der Waals surface area (Å²) in [6.45, 7) is 0.831. The van der Waals surface area contributed by atoms with E-state index in [1.807, 2.05) is 54.6 Å². The molecule has 6 rings (SSSR count). The Morgan fingerprint density at radius 3 is 2.49 bits per heavy atom. The number of hydrogen-bond donors (Lipinski definition) is 2. The molecule has 0 aromatic heterocycles. The number of aliphatic hydroxyl groups excluding tert-OH is 1. The molecule has 4 aromatic rings. The standard InChI is InChI=1S/C34H29BrCl2N2O6/c35-24-7-2-21(3-8-24)18-34(33(41)38-19-22-4-13-29-30(16-22)44-20-43-29)31(27-12-9-25(36)17-28(27)37)45-32(39-34)23-5-10-26(11-6-23)42-15-1-14-40/h2-13,16-17,31,40H,1,14-15,18-20H2,(H,38,41)/t31-,34-/m1/s1. The Morgan fingerprint density at radius 2 is 1.73 bits per heavy atom. The number of aliphatic imine (C=N–C) groups is 1. The Balaban J connectivity index is 1.39. The van der Waals surface area contributed by atoms with E-state index in [-0.39, 0.29) is 32.3 Å². The van der Waals surface area contributed by atoms with Gasteiger partial charge in [-0.3, -0.25) is 4.79 Å². The van der Waals surface area contributed by atoms with Crippen LogP contribution in [-0.4, -0.2) is 42.5 Å². The van der Waals surface area contributed by atoms with Crippen LogP contribution in [0.2, 0.25) is 10.0 Å². The van der Waals surface area contributed by atoms with Crippen molar-refractivity contribution < 1.29 is 28.8 Å². The highest BCUT2D eigenvalue weighted by Crippen LogP contribution is 2.45. The third-order valence-electron chi connectivity index (χ3n) is 7.55. The number of benzene rings is 4. The van der Waals surface area contributed by atoms with Gasteiger partial charge in [-0.05, 0) is 71.8 Å². The van der Waals surface area contributed by atoms with Crippen LogP contribution in [0.3, 0.4) is 0 Å². The van der Waals surface area contributed by atoms with Gasteiger partial charge in [0.05, 0.1) is 6.61 Å². The van der Waals surface area contributed by atoms with Gasteiger partial charge in [-0.1, -0.05) is 63.4 Å². The zero-order valence-corrected chi connectivity index (χ0v) is 27.1. The molecule has 2 atom stereocenters. The van der Waals surface area contributed by atoms with Crippen LogP contribution in [0, 0.1) is 0 Å². The summed E-state index contributed by atoms with van der Waals surface area (Å²) in [5.74, 6) is 1.90. The van der Waals surface area contributed by atoms with Crippen molar-refractivity contribution in [1.82, 2.24) is 5.32 Å². The molecule has 2 N–H and O–H groups in total. The largest absolute Gasteiger partial charge is 0.494 e. The van der Waals surface area contributed by atoms with Gasteiger partial charge in [0.1, 0.15) is 5.75 Å². The Hall–Kier alpha value is -3.76. The lowest BCUT2D eigenvalue weighted by Crippen LogP contribution is -2.49. The van der Waals surface area contributed by atoms with Crippen LogP contribution in [0.25, 0.3) is 0 Å². The average molecular weight is 712 g/mol. The van der Waals surface area contributed by atoms with Gasteiger partial charge in [0.25, 0.3) is 5.91 Å². The SMILES string of the molecule is O=C(NCc1ccc2c(c1)OCO2)[C@]1(Cc2ccc(Br)cc2)N=C(c2ccc(OCCCO)cc2)O[C@@H]1c1ccc(Cl)cc1Cl. The maximum atomic E-state index is 14.5. The smallest absolute Gasteiger partial charge is 0.252 e. The maximum absolute atomic E-state index is 14.5. The van der Waals surface area contributed by atoms with Crippen molar-refractivity contribution in [3.63, 3.8) is 0 Å². The number of nitrogens with one attached hydrogen (secondary N) is 1. The molecule has 0 radical (unpaired) electrons. The zero-order chi connectivity index (χ0) is 31.4. The zero-order valence-electron chi connectivity index (χ0n) is 24.0. The second kappa shape index (κ2) is 13.7. The summed E-state index contributed by atoms with van der Waals surface area (Å²) in [7, 11) is 0. The first kappa shape index (κ1) is 31.2. The molecular weight excluding hydrogens is 683 g/mol. The van der Waals surface area contributed by atoms with Crippen LogP contribution >= 0.6 is 39.1 Å². The van der Waals surface area contributed by atoms with Crippen molar-refractivity contribution in [1.29, 1.82) is 0 Å². The molecule has 2 heterocycles. The number of carbonyl (C=O) groups excluding carboxylic acids is 1. The number of aliphatic hydroxyl groups is 1.